The third-order valence-electron chi connectivity index (χ3n) is 10.1. The first-order valence-electron chi connectivity index (χ1n) is 24.8. The highest BCUT2D eigenvalue weighted by Gasteiger charge is 2.17. The van der Waals surface area contributed by atoms with E-state index < -0.39 is 6.10 Å². The Morgan fingerprint density at radius 3 is 1.27 bits per heavy atom. The zero-order chi connectivity index (χ0) is 43.5. The lowest BCUT2D eigenvalue weighted by Crippen LogP contribution is -2.30. The quantitative estimate of drug-likeness (QED) is 0.0348. The van der Waals surface area contributed by atoms with Gasteiger partial charge in [0.1, 0.15) is 6.61 Å². The maximum absolute atomic E-state index is 12.7. The fourth-order valence-electron chi connectivity index (χ4n) is 6.38. The van der Waals surface area contributed by atoms with Crippen molar-refractivity contribution in [1.29, 1.82) is 0 Å². The van der Waals surface area contributed by atoms with Crippen LogP contribution >= 0.6 is 0 Å². The van der Waals surface area contributed by atoms with Gasteiger partial charge < -0.3 is 14.2 Å². The van der Waals surface area contributed by atoms with Gasteiger partial charge in [0.05, 0.1) is 6.61 Å². The molecule has 0 heterocycles. The fourth-order valence-corrected chi connectivity index (χ4v) is 6.38. The van der Waals surface area contributed by atoms with Crippen molar-refractivity contribution in [2.24, 2.45) is 0 Å². The summed E-state index contributed by atoms with van der Waals surface area (Å²) < 4.78 is 17.3. The van der Waals surface area contributed by atoms with Crippen molar-refractivity contribution in [3.05, 3.63) is 97.2 Å². The van der Waals surface area contributed by atoms with Crippen molar-refractivity contribution in [1.82, 2.24) is 0 Å². The average Bonchev–Trinajstić information content (AvgIpc) is 3.25. The van der Waals surface area contributed by atoms with Crippen LogP contribution in [0.15, 0.2) is 97.2 Å². The molecule has 0 spiro atoms. The van der Waals surface area contributed by atoms with Crippen LogP contribution in [0.2, 0.25) is 0 Å². The predicted molar refractivity (Wildman–Crippen MR) is 260 cm³/mol. The van der Waals surface area contributed by atoms with E-state index in [9.17, 15) is 9.59 Å². The highest BCUT2D eigenvalue weighted by molar-refractivity contribution is 5.70. The molecule has 0 saturated heterocycles. The smallest absolute Gasteiger partial charge is 0.306 e. The molecule has 0 aromatic heterocycles. The zero-order valence-corrected chi connectivity index (χ0v) is 39.2. The molecule has 0 N–H and O–H groups in total. The van der Waals surface area contributed by atoms with Gasteiger partial charge in [-0.3, -0.25) is 9.59 Å². The first-order valence-corrected chi connectivity index (χ1v) is 24.8. The Morgan fingerprint density at radius 2 is 0.767 bits per heavy atom. The summed E-state index contributed by atoms with van der Waals surface area (Å²) in [5.41, 5.74) is 0. The molecule has 0 radical (unpaired) electrons. The first-order chi connectivity index (χ1) is 29.6. The van der Waals surface area contributed by atoms with E-state index in [2.05, 4.69) is 118 Å². The zero-order valence-electron chi connectivity index (χ0n) is 39.2. The molecule has 5 heteroatoms. The van der Waals surface area contributed by atoms with Crippen LogP contribution in [0.5, 0.6) is 0 Å². The van der Waals surface area contributed by atoms with Gasteiger partial charge in [-0.05, 0) is 109 Å². The minimum atomic E-state index is -0.578. The van der Waals surface area contributed by atoms with Crippen LogP contribution in [0, 0.1) is 0 Å². The molecule has 5 nitrogen and oxygen atoms in total. The molecule has 0 rings (SSSR count). The van der Waals surface area contributed by atoms with Crippen LogP contribution in [0.3, 0.4) is 0 Å². The Hall–Kier alpha value is -3.18. The minimum absolute atomic E-state index is 0.0483. The van der Waals surface area contributed by atoms with E-state index in [0.717, 1.165) is 103 Å². The van der Waals surface area contributed by atoms with E-state index in [-0.39, 0.29) is 25.2 Å². The highest BCUT2D eigenvalue weighted by Crippen LogP contribution is 2.12. The number of carbonyl (C=O) groups is 2. The Labute approximate surface area is 371 Å². The van der Waals surface area contributed by atoms with Crippen molar-refractivity contribution < 1.29 is 23.8 Å². The van der Waals surface area contributed by atoms with E-state index >= 15 is 0 Å². The molecule has 0 bridgehead atoms. The maximum Gasteiger partial charge on any atom is 0.306 e. The fraction of sp³-hybridized carbons (Fsp3) is 0.673. The molecule has 60 heavy (non-hydrogen) atoms. The second kappa shape index (κ2) is 50.2. The summed E-state index contributed by atoms with van der Waals surface area (Å²) in [6, 6.07) is 0. The third kappa shape index (κ3) is 47.5. The van der Waals surface area contributed by atoms with Gasteiger partial charge in [-0.1, -0.05) is 189 Å². The molecular weight excluding hydrogens is 741 g/mol. The summed E-state index contributed by atoms with van der Waals surface area (Å²) in [4.78, 5) is 25.3. The molecule has 1 atom stereocenters. The maximum atomic E-state index is 12.7. The van der Waals surface area contributed by atoms with Gasteiger partial charge in [0.25, 0.3) is 0 Å². The number of carbonyl (C=O) groups excluding carboxylic acids is 2. The standard InChI is InChI=1S/C55H92O5/c1-4-7-10-13-16-19-22-24-26-27-28-29-30-31-34-36-39-42-45-48-54(56)59-52-53(60-55(57)49-46-43-40-37-33-21-18-15-12-9-6-3)51-58-50-47-44-41-38-35-32-25-23-20-17-14-11-8-5-2/h8,11,15-20,24-26,28-29,32,38,41,53H,4-7,9-10,12-14,21-23,27,30-31,33-37,39-40,42-52H2,1-3H3/b11-8-,18-15-,19-16-,20-17-,26-24-,29-28-,32-25-,41-38-. The summed E-state index contributed by atoms with van der Waals surface area (Å²) in [5, 5.41) is 0. The number of ether oxygens (including phenoxy) is 3. The molecule has 0 aromatic carbocycles. The van der Waals surface area contributed by atoms with E-state index in [1.807, 2.05) is 0 Å². The summed E-state index contributed by atoms with van der Waals surface area (Å²) in [6.45, 7) is 7.48. The number of hydrogen-bond acceptors (Lipinski definition) is 5. The Morgan fingerprint density at radius 1 is 0.383 bits per heavy atom. The number of esters is 2. The van der Waals surface area contributed by atoms with Crippen molar-refractivity contribution in [3.8, 4) is 0 Å². The SMILES string of the molecule is CC/C=C\C/C=C\C/C=C\C/C=C\CCCOCC(COC(=O)CCCCCCCC/C=C\C/C=C\C/C=C\CCCCC)OC(=O)CCCCCCC/C=C\CCCC. The van der Waals surface area contributed by atoms with Crippen LogP contribution in [-0.4, -0.2) is 37.9 Å². The molecular formula is C55H92O5. The van der Waals surface area contributed by atoms with Crippen molar-refractivity contribution in [3.63, 3.8) is 0 Å². The largest absolute Gasteiger partial charge is 0.462 e. The minimum Gasteiger partial charge on any atom is -0.462 e. The summed E-state index contributed by atoms with van der Waals surface area (Å²) in [7, 11) is 0. The van der Waals surface area contributed by atoms with Crippen LogP contribution in [0.4, 0.5) is 0 Å². The highest BCUT2D eigenvalue weighted by atomic mass is 16.6. The molecule has 0 fully saturated rings. The van der Waals surface area contributed by atoms with Crippen molar-refractivity contribution in [2.45, 2.75) is 219 Å². The normalized spacial score (nSPS) is 13.1. The van der Waals surface area contributed by atoms with Crippen molar-refractivity contribution >= 4 is 11.9 Å². The van der Waals surface area contributed by atoms with Gasteiger partial charge in [0, 0.05) is 19.4 Å². The summed E-state index contributed by atoms with van der Waals surface area (Å²) >= 11 is 0. The Bertz CT molecular complexity index is 1170. The lowest BCUT2D eigenvalue weighted by Gasteiger charge is -2.18. The van der Waals surface area contributed by atoms with Gasteiger partial charge in [0.15, 0.2) is 6.10 Å². The predicted octanol–water partition coefficient (Wildman–Crippen LogP) is 16.7. The number of rotatable bonds is 44. The molecule has 0 aliphatic rings. The summed E-state index contributed by atoms with van der Waals surface area (Å²) in [6.07, 6.45) is 67.1. The molecule has 0 saturated carbocycles. The van der Waals surface area contributed by atoms with Crippen LogP contribution in [-0.2, 0) is 23.8 Å². The topological polar surface area (TPSA) is 61.8 Å². The molecule has 1 unspecified atom stereocenters. The molecule has 0 aliphatic heterocycles. The van der Waals surface area contributed by atoms with E-state index in [0.29, 0.717) is 19.4 Å². The number of hydrogen-bond donors (Lipinski definition) is 0. The van der Waals surface area contributed by atoms with Gasteiger partial charge in [-0.25, -0.2) is 0 Å². The van der Waals surface area contributed by atoms with Gasteiger partial charge in [-0.2, -0.15) is 0 Å². The lowest BCUT2D eigenvalue weighted by atomic mass is 10.1. The Balaban J connectivity index is 4.34. The van der Waals surface area contributed by atoms with Gasteiger partial charge in [-0.15, -0.1) is 0 Å². The third-order valence-corrected chi connectivity index (χ3v) is 10.1. The van der Waals surface area contributed by atoms with E-state index in [1.165, 1.54) is 77.0 Å². The number of allylic oxidation sites excluding steroid dienone is 16. The van der Waals surface area contributed by atoms with E-state index in [1.54, 1.807) is 0 Å². The monoisotopic (exact) mass is 833 g/mol. The number of unbranched alkanes of at least 4 members (excludes halogenated alkanes) is 17. The molecule has 0 amide bonds. The second-order valence-corrected chi connectivity index (χ2v) is 16.0. The molecule has 0 aromatic rings. The molecule has 0 aliphatic carbocycles. The van der Waals surface area contributed by atoms with Crippen LogP contribution < -0.4 is 0 Å². The van der Waals surface area contributed by atoms with Crippen LogP contribution in [0.1, 0.15) is 213 Å². The Kier molecular flexibility index (Phi) is 47.5. The first kappa shape index (κ1) is 56.8. The van der Waals surface area contributed by atoms with Gasteiger partial charge >= 0.3 is 11.9 Å². The average molecular weight is 833 g/mol. The second-order valence-electron chi connectivity index (χ2n) is 16.0. The van der Waals surface area contributed by atoms with Crippen LogP contribution in [0.25, 0.3) is 0 Å². The lowest BCUT2D eigenvalue weighted by molar-refractivity contribution is -0.163. The van der Waals surface area contributed by atoms with Gasteiger partial charge in [0.2, 0.25) is 0 Å². The van der Waals surface area contributed by atoms with E-state index in [4.69, 9.17) is 14.2 Å². The molecule has 342 valence electrons. The summed E-state index contributed by atoms with van der Waals surface area (Å²) in [5.74, 6) is -0.458. The van der Waals surface area contributed by atoms with Crippen molar-refractivity contribution in [2.75, 3.05) is 19.8 Å².